The fourth-order valence-electron chi connectivity index (χ4n) is 0.818. The number of nitrogens with two attached hydrogens (primary N) is 1. The van der Waals surface area contributed by atoms with E-state index in [2.05, 4.69) is 15.0 Å². The van der Waals surface area contributed by atoms with E-state index in [1.807, 2.05) is 13.8 Å². The lowest BCUT2D eigenvalue weighted by Gasteiger charge is -2.08. The molecule has 1 aromatic rings. The van der Waals surface area contributed by atoms with Crippen molar-refractivity contribution in [1.29, 1.82) is 0 Å². The number of aliphatic hydroxyl groups excluding tert-OH is 1. The van der Waals surface area contributed by atoms with Crippen LogP contribution in [0.15, 0.2) is 5.16 Å². The number of aromatic nitrogens is 3. The average Bonchev–Trinajstić information content (AvgIpc) is 2.12. The Hall–Kier alpha value is -1.08. The Kier molecular flexibility index (Phi) is 4.57. The van der Waals surface area contributed by atoms with Gasteiger partial charge in [-0.1, -0.05) is 11.8 Å². The van der Waals surface area contributed by atoms with Gasteiger partial charge in [0, 0.05) is 5.75 Å². The van der Waals surface area contributed by atoms with Crippen molar-refractivity contribution in [2.45, 2.75) is 25.1 Å². The van der Waals surface area contributed by atoms with Crippen LogP contribution < -0.4 is 10.5 Å². The molecule has 0 atom stereocenters. The van der Waals surface area contributed by atoms with Crippen molar-refractivity contribution >= 4 is 17.7 Å². The zero-order chi connectivity index (χ0) is 11.3. The third kappa shape index (κ3) is 4.30. The Labute approximate surface area is 92.3 Å². The number of hydrogen-bond acceptors (Lipinski definition) is 7. The molecule has 0 bridgehead atoms. The summed E-state index contributed by atoms with van der Waals surface area (Å²) in [5.41, 5.74) is 5.49. The predicted molar refractivity (Wildman–Crippen MR) is 57.8 cm³/mol. The molecule has 0 saturated heterocycles. The molecule has 0 unspecified atom stereocenters. The molecule has 1 heterocycles. The number of rotatable bonds is 5. The maximum atomic E-state index is 8.66. The maximum Gasteiger partial charge on any atom is 0.322 e. The van der Waals surface area contributed by atoms with Crippen LogP contribution in [0.4, 0.5) is 5.95 Å². The van der Waals surface area contributed by atoms with Crippen LogP contribution in [0.3, 0.4) is 0 Å². The van der Waals surface area contributed by atoms with Crippen LogP contribution in [0.1, 0.15) is 13.8 Å². The minimum atomic E-state index is -0.0116. The van der Waals surface area contributed by atoms with E-state index in [1.165, 1.54) is 11.8 Å². The summed E-state index contributed by atoms with van der Waals surface area (Å²) < 4.78 is 5.30. The minimum absolute atomic E-state index is 0.0116. The molecule has 3 N–H and O–H groups in total. The summed E-state index contributed by atoms with van der Waals surface area (Å²) >= 11 is 1.30. The number of nitrogens with zero attached hydrogens (tertiary/aromatic N) is 3. The summed E-state index contributed by atoms with van der Waals surface area (Å²) in [6.07, 6.45) is -0.0116. The van der Waals surface area contributed by atoms with E-state index < -0.39 is 0 Å². The van der Waals surface area contributed by atoms with Crippen molar-refractivity contribution in [3.63, 3.8) is 0 Å². The topological polar surface area (TPSA) is 94.2 Å². The van der Waals surface area contributed by atoms with E-state index in [1.54, 1.807) is 0 Å². The molecule has 1 rings (SSSR count). The molecule has 0 amide bonds. The summed E-state index contributed by atoms with van der Waals surface area (Å²) in [4.78, 5) is 11.8. The molecule has 0 aliphatic heterocycles. The predicted octanol–water partition coefficient (Wildman–Crippen LogP) is 0.325. The summed E-state index contributed by atoms with van der Waals surface area (Å²) in [7, 11) is 0. The molecule has 6 nitrogen and oxygen atoms in total. The van der Waals surface area contributed by atoms with Crippen LogP contribution >= 0.6 is 11.8 Å². The number of ether oxygens (including phenoxy) is 1. The molecule has 0 spiro atoms. The molecule has 0 aliphatic rings. The highest BCUT2D eigenvalue weighted by Gasteiger charge is 2.07. The first-order valence-electron chi connectivity index (χ1n) is 4.53. The Balaban J connectivity index is 2.75. The highest BCUT2D eigenvalue weighted by Crippen LogP contribution is 2.16. The van der Waals surface area contributed by atoms with Gasteiger partial charge in [0.25, 0.3) is 0 Å². The monoisotopic (exact) mass is 230 g/mol. The second-order valence-electron chi connectivity index (χ2n) is 3.00. The number of nitrogen functional groups attached to an aromatic ring is 1. The SMILES string of the molecule is CC(C)Oc1nc(N)nc(SCCO)n1. The van der Waals surface area contributed by atoms with E-state index >= 15 is 0 Å². The highest BCUT2D eigenvalue weighted by molar-refractivity contribution is 7.99. The van der Waals surface area contributed by atoms with Gasteiger partial charge in [-0.25, -0.2) is 0 Å². The van der Waals surface area contributed by atoms with Gasteiger partial charge in [0.2, 0.25) is 5.95 Å². The van der Waals surface area contributed by atoms with E-state index in [0.29, 0.717) is 10.9 Å². The van der Waals surface area contributed by atoms with Crippen molar-refractivity contribution in [2.24, 2.45) is 0 Å². The van der Waals surface area contributed by atoms with Gasteiger partial charge >= 0.3 is 6.01 Å². The quantitative estimate of drug-likeness (QED) is 0.704. The molecule has 7 heteroatoms. The van der Waals surface area contributed by atoms with Crippen LogP contribution in [-0.4, -0.2) is 38.5 Å². The molecular formula is C8H14N4O2S. The molecule has 0 radical (unpaired) electrons. The van der Waals surface area contributed by atoms with Crippen LogP contribution in [0, 0.1) is 0 Å². The first kappa shape index (κ1) is 12.0. The number of thioether (sulfide) groups is 1. The van der Waals surface area contributed by atoms with Gasteiger partial charge in [0.1, 0.15) is 0 Å². The summed E-state index contributed by atoms with van der Waals surface area (Å²) in [5, 5.41) is 9.12. The van der Waals surface area contributed by atoms with Crippen molar-refractivity contribution in [2.75, 3.05) is 18.1 Å². The van der Waals surface area contributed by atoms with Crippen LogP contribution in [0.2, 0.25) is 0 Å². The highest BCUT2D eigenvalue weighted by atomic mass is 32.2. The fourth-order valence-corrected chi connectivity index (χ4v) is 1.39. The lowest BCUT2D eigenvalue weighted by Crippen LogP contribution is -2.11. The number of anilines is 1. The summed E-state index contributed by atoms with van der Waals surface area (Å²) in [6.45, 7) is 3.82. The standard InChI is InChI=1S/C8H14N4O2S/c1-5(2)14-7-10-6(9)11-8(12-7)15-4-3-13/h5,13H,3-4H2,1-2H3,(H2,9,10,11,12). The first-order chi connectivity index (χ1) is 7.11. The molecule has 0 aliphatic carbocycles. The molecule has 0 saturated carbocycles. The molecule has 84 valence electrons. The smallest absolute Gasteiger partial charge is 0.322 e. The van der Waals surface area contributed by atoms with Crippen molar-refractivity contribution in [3.8, 4) is 6.01 Å². The Morgan fingerprint density at radius 2 is 2.13 bits per heavy atom. The Bertz CT molecular complexity index is 322. The van der Waals surface area contributed by atoms with Crippen LogP contribution in [0.25, 0.3) is 0 Å². The minimum Gasteiger partial charge on any atom is -0.461 e. The van der Waals surface area contributed by atoms with Crippen molar-refractivity contribution in [1.82, 2.24) is 15.0 Å². The lowest BCUT2D eigenvalue weighted by molar-refractivity contribution is 0.219. The van der Waals surface area contributed by atoms with Crippen molar-refractivity contribution < 1.29 is 9.84 Å². The maximum absolute atomic E-state index is 8.66. The molecule has 0 aromatic carbocycles. The van der Waals surface area contributed by atoms with Crippen LogP contribution in [-0.2, 0) is 0 Å². The molecular weight excluding hydrogens is 216 g/mol. The molecule has 0 fully saturated rings. The average molecular weight is 230 g/mol. The van der Waals surface area contributed by atoms with Crippen molar-refractivity contribution in [3.05, 3.63) is 0 Å². The van der Waals surface area contributed by atoms with Crippen LogP contribution in [0.5, 0.6) is 6.01 Å². The van der Waals surface area contributed by atoms with E-state index in [9.17, 15) is 0 Å². The van der Waals surface area contributed by atoms with Gasteiger partial charge in [-0.05, 0) is 13.8 Å². The second kappa shape index (κ2) is 5.72. The second-order valence-corrected chi connectivity index (χ2v) is 4.06. The summed E-state index contributed by atoms with van der Waals surface area (Å²) in [6, 6.07) is 0.220. The summed E-state index contributed by atoms with van der Waals surface area (Å²) in [5.74, 6) is 0.644. The Morgan fingerprint density at radius 3 is 2.73 bits per heavy atom. The van der Waals surface area contributed by atoms with Gasteiger partial charge in [-0.2, -0.15) is 15.0 Å². The molecule has 15 heavy (non-hydrogen) atoms. The molecule has 1 aromatic heterocycles. The largest absolute Gasteiger partial charge is 0.461 e. The number of aliphatic hydroxyl groups is 1. The fraction of sp³-hybridized carbons (Fsp3) is 0.625. The van der Waals surface area contributed by atoms with Gasteiger partial charge < -0.3 is 15.6 Å². The third-order valence-corrected chi connectivity index (χ3v) is 2.10. The lowest BCUT2D eigenvalue weighted by atomic mass is 10.5. The zero-order valence-corrected chi connectivity index (χ0v) is 9.49. The van der Waals surface area contributed by atoms with Gasteiger partial charge in [-0.15, -0.1) is 0 Å². The first-order valence-corrected chi connectivity index (χ1v) is 5.52. The number of hydrogen-bond donors (Lipinski definition) is 2. The van der Waals surface area contributed by atoms with E-state index in [4.69, 9.17) is 15.6 Å². The van der Waals surface area contributed by atoms with Gasteiger partial charge in [-0.3, -0.25) is 0 Å². The third-order valence-electron chi connectivity index (χ3n) is 1.28. The Morgan fingerprint density at radius 1 is 1.40 bits per heavy atom. The van der Waals surface area contributed by atoms with Gasteiger partial charge in [0.15, 0.2) is 5.16 Å². The zero-order valence-electron chi connectivity index (χ0n) is 8.67. The van der Waals surface area contributed by atoms with E-state index in [-0.39, 0.29) is 24.7 Å². The normalized spacial score (nSPS) is 10.7. The van der Waals surface area contributed by atoms with E-state index in [0.717, 1.165) is 0 Å². The van der Waals surface area contributed by atoms with Gasteiger partial charge in [0.05, 0.1) is 12.7 Å².